The van der Waals surface area contributed by atoms with Crippen molar-refractivity contribution in [2.45, 2.75) is 13.3 Å². The molecule has 0 fully saturated rings. The summed E-state index contributed by atoms with van der Waals surface area (Å²) < 4.78 is 0. The van der Waals surface area contributed by atoms with Gasteiger partial charge in [0.15, 0.2) is 5.13 Å². The Morgan fingerprint density at radius 1 is 1.24 bits per heavy atom. The van der Waals surface area contributed by atoms with Crippen molar-refractivity contribution in [2.75, 3.05) is 11.1 Å². The average molecular weight is 297 g/mol. The van der Waals surface area contributed by atoms with Crippen molar-refractivity contribution in [2.24, 2.45) is 0 Å². The molecule has 1 amide bonds. The number of hydrogen-bond acceptors (Lipinski definition) is 4. The van der Waals surface area contributed by atoms with Crippen LogP contribution in [0, 0.1) is 0 Å². The number of nitrogens with zero attached hydrogens (tertiary/aromatic N) is 1. The molecule has 2 aromatic carbocycles. The minimum absolute atomic E-state index is 0.0613. The minimum Gasteiger partial charge on any atom is -0.389 e. The summed E-state index contributed by atoms with van der Waals surface area (Å²) in [7, 11) is 0. The first-order valence-electron chi connectivity index (χ1n) is 6.72. The lowest BCUT2D eigenvalue weighted by Crippen LogP contribution is -2.08. The highest BCUT2D eigenvalue weighted by Crippen LogP contribution is 2.34. The van der Waals surface area contributed by atoms with Gasteiger partial charge in [-0.3, -0.25) is 4.79 Å². The van der Waals surface area contributed by atoms with Crippen molar-refractivity contribution in [3.8, 4) is 11.3 Å². The summed E-state index contributed by atoms with van der Waals surface area (Å²) in [5, 5.41) is 6.22. The number of anilines is 2. The van der Waals surface area contributed by atoms with Crippen LogP contribution < -0.4 is 11.1 Å². The second kappa shape index (κ2) is 5.54. The third-order valence-electron chi connectivity index (χ3n) is 3.24. The van der Waals surface area contributed by atoms with Gasteiger partial charge in [0.1, 0.15) is 10.7 Å². The molecule has 0 aliphatic heterocycles. The Balaban J connectivity index is 2.00. The lowest BCUT2D eigenvalue weighted by atomic mass is 10.1. The first-order valence-corrected chi connectivity index (χ1v) is 7.54. The molecule has 0 radical (unpaired) electrons. The maximum absolute atomic E-state index is 11.4. The van der Waals surface area contributed by atoms with E-state index in [9.17, 15) is 4.79 Å². The van der Waals surface area contributed by atoms with E-state index in [1.165, 1.54) is 16.7 Å². The van der Waals surface area contributed by atoms with Gasteiger partial charge < -0.3 is 11.1 Å². The van der Waals surface area contributed by atoms with Crippen LogP contribution in [0.25, 0.3) is 22.0 Å². The van der Waals surface area contributed by atoms with Gasteiger partial charge in [-0.05, 0) is 16.8 Å². The van der Waals surface area contributed by atoms with E-state index in [1.807, 2.05) is 24.3 Å². The van der Waals surface area contributed by atoms with Gasteiger partial charge in [0.2, 0.25) is 5.91 Å². The Labute approximate surface area is 126 Å². The van der Waals surface area contributed by atoms with Gasteiger partial charge in [-0.2, -0.15) is 0 Å². The third kappa shape index (κ3) is 2.73. The molecule has 3 aromatic rings. The van der Waals surface area contributed by atoms with E-state index in [4.69, 9.17) is 5.73 Å². The Bertz CT molecular complexity index is 810. The highest BCUT2D eigenvalue weighted by atomic mass is 32.1. The lowest BCUT2D eigenvalue weighted by molar-refractivity contribution is -0.115. The van der Waals surface area contributed by atoms with E-state index in [0.29, 0.717) is 16.6 Å². The zero-order chi connectivity index (χ0) is 14.8. The van der Waals surface area contributed by atoms with Crippen LogP contribution in [-0.4, -0.2) is 10.9 Å². The predicted molar refractivity (Wildman–Crippen MR) is 88.4 cm³/mol. The highest BCUT2D eigenvalue weighted by Gasteiger charge is 2.12. The van der Waals surface area contributed by atoms with E-state index < -0.39 is 0 Å². The number of amides is 1. The summed E-state index contributed by atoms with van der Waals surface area (Å²) in [6.45, 7) is 1.80. The van der Waals surface area contributed by atoms with E-state index in [1.54, 1.807) is 6.92 Å². The average Bonchev–Trinajstić information content (AvgIpc) is 2.87. The van der Waals surface area contributed by atoms with Crippen LogP contribution in [0.5, 0.6) is 0 Å². The maximum Gasteiger partial charge on any atom is 0.225 e. The van der Waals surface area contributed by atoms with Crippen molar-refractivity contribution < 1.29 is 4.79 Å². The summed E-state index contributed by atoms with van der Waals surface area (Å²) in [5.41, 5.74) is 7.72. The molecule has 4 nitrogen and oxygen atoms in total. The van der Waals surface area contributed by atoms with Gasteiger partial charge in [0.05, 0.1) is 0 Å². The SMILES string of the molecule is CCC(=O)Nc1nc(-c2ccc3ccccc3c2)c(N)s1. The summed E-state index contributed by atoms with van der Waals surface area (Å²) in [6, 6.07) is 14.2. The van der Waals surface area contributed by atoms with Crippen LogP contribution in [0.3, 0.4) is 0 Å². The largest absolute Gasteiger partial charge is 0.389 e. The fourth-order valence-corrected chi connectivity index (χ4v) is 2.91. The molecule has 0 saturated heterocycles. The van der Waals surface area contributed by atoms with Gasteiger partial charge in [-0.25, -0.2) is 4.98 Å². The molecule has 0 saturated carbocycles. The van der Waals surface area contributed by atoms with Gasteiger partial charge in [0.25, 0.3) is 0 Å². The second-order valence-electron chi connectivity index (χ2n) is 4.70. The summed E-state index contributed by atoms with van der Waals surface area (Å²) in [4.78, 5) is 15.9. The van der Waals surface area contributed by atoms with Crippen LogP contribution in [0.15, 0.2) is 42.5 Å². The summed E-state index contributed by atoms with van der Waals surface area (Å²) >= 11 is 1.29. The maximum atomic E-state index is 11.4. The van der Waals surface area contributed by atoms with Crippen molar-refractivity contribution in [3.05, 3.63) is 42.5 Å². The molecule has 0 atom stereocenters. The molecule has 0 aliphatic carbocycles. The second-order valence-corrected chi connectivity index (χ2v) is 5.73. The fraction of sp³-hybridized carbons (Fsp3) is 0.125. The lowest BCUT2D eigenvalue weighted by Gasteiger charge is -2.02. The number of hydrogen-bond donors (Lipinski definition) is 2. The number of nitrogen functional groups attached to an aromatic ring is 1. The topological polar surface area (TPSA) is 68.0 Å². The molecular formula is C16H15N3OS. The number of carbonyl (C=O) groups excluding carboxylic acids is 1. The molecule has 21 heavy (non-hydrogen) atoms. The number of carbonyl (C=O) groups is 1. The molecule has 0 unspecified atom stereocenters. The van der Waals surface area contributed by atoms with Crippen molar-refractivity contribution in [3.63, 3.8) is 0 Å². The number of benzene rings is 2. The normalized spacial score (nSPS) is 10.7. The molecule has 1 heterocycles. The number of nitrogens with two attached hydrogens (primary N) is 1. The Kier molecular flexibility index (Phi) is 3.58. The number of aromatic nitrogens is 1. The van der Waals surface area contributed by atoms with E-state index in [0.717, 1.165) is 16.6 Å². The number of fused-ring (bicyclic) bond motifs is 1. The minimum atomic E-state index is -0.0613. The van der Waals surface area contributed by atoms with Crippen LogP contribution in [0.2, 0.25) is 0 Å². The smallest absolute Gasteiger partial charge is 0.225 e. The molecule has 3 N–H and O–H groups in total. The van der Waals surface area contributed by atoms with E-state index >= 15 is 0 Å². The first kappa shape index (κ1) is 13.6. The molecule has 3 rings (SSSR count). The van der Waals surface area contributed by atoms with E-state index in [-0.39, 0.29) is 5.91 Å². The Morgan fingerprint density at radius 2 is 2.00 bits per heavy atom. The highest BCUT2D eigenvalue weighted by molar-refractivity contribution is 7.20. The number of nitrogens with one attached hydrogen (secondary N) is 1. The molecule has 0 spiro atoms. The van der Waals surface area contributed by atoms with Crippen molar-refractivity contribution in [1.82, 2.24) is 4.98 Å². The van der Waals surface area contributed by atoms with Crippen molar-refractivity contribution >= 4 is 38.1 Å². The number of rotatable bonds is 3. The summed E-state index contributed by atoms with van der Waals surface area (Å²) in [5.74, 6) is -0.0613. The monoisotopic (exact) mass is 297 g/mol. The van der Waals surface area contributed by atoms with Crippen molar-refractivity contribution in [1.29, 1.82) is 0 Å². The molecule has 106 valence electrons. The van der Waals surface area contributed by atoms with Gasteiger partial charge >= 0.3 is 0 Å². The zero-order valence-corrected chi connectivity index (χ0v) is 12.4. The quantitative estimate of drug-likeness (QED) is 0.770. The zero-order valence-electron chi connectivity index (χ0n) is 11.6. The Hall–Kier alpha value is -2.40. The van der Waals surface area contributed by atoms with Crippen LogP contribution in [0.4, 0.5) is 10.1 Å². The van der Waals surface area contributed by atoms with Crippen LogP contribution in [0.1, 0.15) is 13.3 Å². The van der Waals surface area contributed by atoms with Gasteiger partial charge in [0, 0.05) is 12.0 Å². The molecule has 1 aromatic heterocycles. The Morgan fingerprint density at radius 3 is 2.76 bits per heavy atom. The van der Waals surface area contributed by atoms with Gasteiger partial charge in [-0.1, -0.05) is 54.7 Å². The number of thiazole rings is 1. The van der Waals surface area contributed by atoms with Crippen LogP contribution in [-0.2, 0) is 4.79 Å². The van der Waals surface area contributed by atoms with Gasteiger partial charge in [-0.15, -0.1) is 0 Å². The molecule has 5 heteroatoms. The van der Waals surface area contributed by atoms with E-state index in [2.05, 4.69) is 28.5 Å². The van der Waals surface area contributed by atoms with Crippen LogP contribution >= 0.6 is 11.3 Å². The fourth-order valence-electron chi connectivity index (χ4n) is 2.14. The molecular weight excluding hydrogens is 282 g/mol. The predicted octanol–water partition coefficient (Wildman–Crippen LogP) is 3.89. The first-order chi connectivity index (χ1) is 10.2. The molecule has 0 aliphatic rings. The molecule has 0 bridgehead atoms. The summed E-state index contributed by atoms with van der Waals surface area (Å²) in [6.07, 6.45) is 0.421. The standard InChI is InChI=1S/C16H15N3OS/c1-2-13(20)18-16-19-14(15(17)21-16)12-8-7-10-5-3-4-6-11(10)9-12/h3-9H,2,17H2,1H3,(H,18,19,20). The third-order valence-corrected chi connectivity index (χ3v) is 4.04.